The minimum absolute atomic E-state index is 0.198. The summed E-state index contributed by atoms with van der Waals surface area (Å²) in [5, 5.41) is 13.7. The average Bonchev–Trinajstić information content (AvgIpc) is 2.46. The van der Waals surface area contributed by atoms with Crippen LogP contribution in [0, 0.1) is 12.7 Å². The highest BCUT2D eigenvalue weighted by Gasteiger charge is 2.21. The van der Waals surface area contributed by atoms with Crippen LogP contribution >= 0.6 is 0 Å². The largest absolute Gasteiger partial charge is 0.384 e. The lowest BCUT2D eigenvalue weighted by Gasteiger charge is -2.24. The van der Waals surface area contributed by atoms with Crippen LogP contribution in [-0.4, -0.2) is 18.2 Å². The summed E-state index contributed by atoms with van der Waals surface area (Å²) < 4.78 is 13.0. The molecule has 0 spiro atoms. The second-order valence-corrected chi connectivity index (χ2v) is 5.64. The molecule has 0 aliphatic heterocycles. The molecule has 0 aliphatic carbocycles. The molecule has 0 aliphatic rings. The summed E-state index contributed by atoms with van der Waals surface area (Å²) in [6, 6.07) is 14.5. The maximum atomic E-state index is 13.0. The van der Waals surface area contributed by atoms with Gasteiger partial charge in [-0.1, -0.05) is 36.4 Å². The van der Waals surface area contributed by atoms with E-state index in [-0.39, 0.29) is 5.82 Å². The van der Waals surface area contributed by atoms with E-state index in [0.29, 0.717) is 6.54 Å². The summed E-state index contributed by atoms with van der Waals surface area (Å²) in [6.45, 7) is 4.95. The molecule has 0 fully saturated rings. The Hall–Kier alpha value is -1.71. The van der Waals surface area contributed by atoms with Crippen molar-refractivity contribution in [1.29, 1.82) is 0 Å². The highest BCUT2D eigenvalue weighted by Crippen LogP contribution is 2.19. The molecule has 2 aromatic carbocycles. The Balaban J connectivity index is 1.84. The Bertz CT molecular complexity index is 581. The first-order valence-corrected chi connectivity index (χ1v) is 7.23. The minimum atomic E-state index is -0.890. The lowest BCUT2D eigenvalue weighted by atomic mass is 9.96. The molecule has 1 atom stereocenters. The summed E-state index contributed by atoms with van der Waals surface area (Å²) in [6.07, 6.45) is 0.816. The van der Waals surface area contributed by atoms with Gasteiger partial charge in [0, 0.05) is 6.54 Å². The van der Waals surface area contributed by atoms with Crippen LogP contribution in [0.15, 0.2) is 48.5 Å². The Kier molecular flexibility index (Phi) is 5.10. The first-order valence-electron chi connectivity index (χ1n) is 7.23. The van der Waals surface area contributed by atoms with Crippen molar-refractivity contribution in [1.82, 2.24) is 5.32 Å². The fourth-order valence-corrected chi connectivity index (χ4v) is 2.39. The molecule has 21 heavy (non-hydrogen) atoms. The van der Waals surface area contributed by atoms with Crippen LogP contribution in [0.2, 0.25) is 0 Å². The van der Waals surface area contributed by atoms with Gasteiger partial charge in [-0.25, -0.2) is 4.39 Å². The Morgan fingerprint density at radius 2 is 1.86 bits per heavy atom. The van der Waals surface area contributed by atoms with Crippen LogP contribution in [0.25, 0.3) is 0 Å². The minimum Gasteiger partial charge on any atom is -0.384 e. The van der Waals surface area contributed by atoms with Gasteiger partial charge < -0.3 is 10.4 Å². The molecular weight excluding hydrogens is 265 g/mol. The fraction of sp³-hybridized carbons (Fsp3) is 0.333. The summed E-state index contributed by atoms with van der Waals surface area (Å²) >= 11 is 0. The Morgan fingerprint density at radius 3 is 2.52 bits per heavy atom. The first-order chi connectivity index (χ1) is 9.99. The van der Waals surface area contributed by atoms with E-state index in [2.05, 4.69) is 5.32 Å². The van der Waals surface area contributed by atoms with Gasteiger partial charge >= 0.3 is 0 Å². The third kappa shape index (κ3) is 4.38. The lowest BCUT2D eigenvalue weighted by Crippen LogP contribution is -2.36. The Morgan fingerprint density at radius 1 is 1.14 bits per heavy atom. The molecule has 0 aromatic heterocycles. The van der Waals surface area contributed by atoms with Gasteiger partial charge in [-0.15, -0.1) is 0 Å². The van der Waals surface area contributed by atoms with E-state index < -0.39 is 5.60 Å². The molecule has 2 N–H and O–H groups in total. The van der Waals surface area contributed by atoms with Gasteiger partial charge in [0.2, 0.25) is 0 Å². The lowest BCUT2D eigenvalue weighted by molar-refractivity contribution is 0.0573. The monoisotopic (exact) mass is 287 g/mol. The maximum Gasteiger partial charge on any atom is 0.123 e. The van der Waals surface area contributed by atoms with Crippen molar-refractivity contribution >= 4 is 0 Å². The molecule has 0 heterocycles. The molecule has 0 bridgehead atoms. The predicted octanol–water partition coefficient (Wildman–Crippen LogP) is 3.17. The Labute approximate surface area is 125 Å². The van der Waals surface area contributed by atoms with Crippen LogP contribution in [0.5, 0.6) is 0 Å². The fourth-order valence-electron chi connectivity index (χ4n) is 2.39. The van der Waals surface area contributed by atoms with Gasteiger partial charge in [-0.05, 0) is 55.6 Å². The molecule has 0 amide bonds. The van der Waals surface area contributed by atoms with E-state index in [9.17, 15) is 9.50 Å². The number of aryl methyl sites for hydroxylation is 1. The standard InChI is InChI=1S/C18H22FNO/c1-14-12-17(19)9-8-15(14)10-11-20-13-18(2,21)16-6-4-3-5-7-16/h3-9,12,20-21H,10-11,13H2,1-2H3. The summed E-state index contributed by atoms with van der Waals surface area (Å²) in [5.41, 5.74) is 2.10. The van der Waals surface area contributed by atoms with Crippen molar-refractivity contribution in [3.8, 4) is 0 Å². The summed E-state index contributed by atoms with van der Waals surface area (Å²) in [7, 11) is 0. The summed E-state index contributed by atoms with van der Waals surface area (Å²) in [4.78, 5) is 0. The van der Waals surface area contributed by atoms with Crippen LogP contribution in [0.4, 0.5) is 4.39 Å². The number of aliphatic hydroxyl groups is 1. The van der Waals surface area contributed by atoms with Crippen molar-refractivity contribution in [2.45, 2.75) is 25.9 Å². The van der Waals surface area contributed by atoms with Gasteiger partial charge in [-0.2, -0.15) is 0 Å². The molecule has 2 rings (SSSR count). The van der Waals surface area contributed by atoms with Gasteiger partial charge in [0.1, 0.15) is 5.82 Å². The van der Waals surface area contributed by atoms with E-state index in [1.165, 1.54) is 6.07 Å². The molecule has 0 saturated heterocycles. The van der Waals surface area contributed by atoms with Crippen molar-refractivity contribution in [2.24, 2.45) is 0 Å². The van der Waals surface area contributed by atoms with Gasteiger partial charge in [-0.3, -0.25) is 0 Å². The zero-order valence-corrected chi connectivity index (χ0v) is 12.6. The SMILES string of the molecule is Cc1cc(F)ccc1CCNCC(C)(O)c1ccccc1. The zero-order chi connectivity index (χ0) is 15.3. The van der Waals surface area contributed by atoms with Crippen molar-refractivity contribution < 1.29 is 9.50 Å². The van der Waals surface area contributed by atoms with Crippen LogP contribution < -0.4 is 5.32 Å². The number of rotatable bonds is 6. The van der Waals surface area contributed by atoms with Crippen LogP contribution in [-0.2, 0) is 12.0 Å². The molecule has 2 aromatic rings. The molecular formula is C18H22FNO. The number of nitrogens with one attached hydrogen (secondary N) is 1. The second-order valence-electron chi connectivity index (χ2n) is 5.64. The highest BCUT2D eigenvalue weighted by atomic mass is 19.1. The maximum absolute atomic E-state index is 13.0. The summed E-state index contributed by atoms with van der Waals surface area (Å²) in [5.74, 6) is -0.198. The highest BCUT2D eigenvalue weighted by molar-refractivity contribution is 5.27. The first kappa shape index (κ1) is 15.7. The quantitative estimate of drug-likeness (QED) is 0.800. The third-order valence-corrected chi connectivity index (χ3v) is 3.74. The second kappa shape index (κ2) is 6.83. The predicted molar refractivity (Wildman–Crippen MR) is 83.7 cm³/mol. The van der Waals surface area contributed by atoms with Gasteiger partial charge in [0.05, 0.1) is 5.60 Å². The molecule has 2 nitrogen and oxygen atoms in total. The topological polar surface area (TPSA) is 32.3 Å². The normalized spacial score (nSPS) is 13.9. The molecule has 112 valence electrons. The van der Waals surface area contributed by atoms with E-state index >= 15 is 0 Å². The zero-order valence-electron chi connectivity index (χ0n) is 12.6. The molecule has 1 unspecified atom stereocenters. The molecule has 0 radical (unpaired) electrons. The number of hydrogen-bond donors (Lipinski definition) is 2. The van der Waals surface area contributed by atoms with E-state index in [0.717, 1.165) is 29.7 Å². The number of hydrogen-bond acceptors (Lipinski definition) is 2. The van der Waals surface area contributed by atoms with Crippen LogP contribution in [0.3, 0.4) is 0 Å². The van der Waals surface area contributed by atoms with E-state index in [1.54, 1.807) is 13.0 Å². The van der Waals surface area contributed by atoms with Gasteiger partial charge in [0.15, 0.2) is 0 Å². The van der Waals surface area contributed by atoms with Crippen molar-refractivity contribution in [3.63, 3.8) is 0 Å². The average molecular weight is 287 g/mol. The number of halogens is 1. The van der Waals surface area contributed by atoms with E-state index in [4.69, 9.17) is 0 Å². The van der Waals surface area contributed by atoms with Crippen molar-refractivity contribution in [2.75, 3.05) is 13.1 Å². The molecule has 0 saturated carbocycles. The van der Waals surface area contributed by atoms with Crippen molar-refractivity contribution in [3.05, 3.63) is 71.0 Å². The third-order valence-electron chi connectivity index (χ3n) is 3.74. The van der Waals surface area contributed by atoms with Gasteiger partial charge in [0.25, 0.3) is 0 Å². The molecule has 3 heteroatoms. The van der Waals surface area contributed by atoms with Crippen LogP contribution in [0.1, 0.15) is 23.6 Å². The number of benzene rings is 2. The smallest absolute Gasteiger partial charge is 0.123 e. The van der Waals surface area contributed by atoms with E-state index in [1.807, 2.05) is 43.3 Å².